The zero-order valence-corrected chi connectivity index (χ0v) is 12.3. The fraction of sp³-hybridized carbons (Fsp3) is 0.533. The Morgan fingerprint density at radius 1 is 1.43 bits per heavy atom. The van der Waals surface area contributed by atoms with Crippen LogP contribution in [-0.2, 0) is 11.3 Å². The summed E-state index contributed by atoms with van der Waals surface area (Å²) in [4.78, 5) is 14.4. The van der Waals surface area contributed by atoms with E-state index in [4.69, 9.17) is 0 Å². The first kappa shape index (κ1) is 13.9. The Bertz CT molecular complexity index is 589. The van der Waals surface area contributed by atoms with Gasteiger partial charge in [0.2, 0.25) is 5.91 Å². The predicted octanol–water partition coefficient (Wildman–Crippen LogP) is 1.71. The van der Waals surface area contributed by atoms with Crippen molar-refractivity contribution in [3.05, 3.63) is 35.9 Å². The Kier molecular flexibility index (Phi) is 4.03. The summed E-state index contributed by atoms with van der Waals surface area (Å²) in [6.45, 7) is 4.32. The fourth-order valence-corrected chi connectivity index (χ4v) is 2.94. The van der Waals surface area contributed by atoms with Gasteiger partial charge in [-0.15, -0.1) is 0 Å². The van der Waals surface area contributed by atoms with Gasteiger partial charge in [0, 0.05) is 55.8 Å². The van der Waals surface area contributed by atoms with Crippen LogP contribution < -0.4 is 0 Å². The molecule has 1 aliphatic rings. The maximum Gasteiger partial charge on any atom is 0.224 e. The Hall–Kier alpha value is -2.11. The molecule has 1 aliphatic heterocycles. The normalized spacial score (nSPS) is 18.9. The van der Waals surface area contributed by atoms with Crippen molar-refractivity contribution in [2.75, 3.05) is 13.1 Å². The average molecular weight is 287 g/mol. The van der Waals surface area contributed by atoms with Gasteiger partial charge in [0.1, 0.15) is 0 Å². The van der Waals surface area contributed by atoms with Crippen molar-refractivity contribution in [3.8, 4) is 0 Å². The molecule has 1 amide bonds. The number of nitrogens with zero attached hydrogens (tertiary/aromatic N) is 4. The van der Waals surface area contributed by atoms with E-state index in [1.165, 1.54) is 0 Å². The van der Waals surface area contributed by atoms with Crippen LogP contribution in [0.25, 0.3) is 0 Å². The van der Waals surface area contributed by atoms with E-state index in [1.807, 2.05) is 28.6 Å². The summed E-state index contributed by atoms with van der Waals surface area (Å²) in [5.74, 6) is 0.603. The number of aromatic amines is 1. The monoisotopic (exact) mass is 287 g/mol. The summed E-state index contributed by atoms with van der Waals surface area (Å²) in [6.07, 6.45) is 6.23. The molecule has 3 heterocycles. The van der Waals surface area contributed by atoms with Crippen molar-refractivity contribution >= 4 is 5.91 Å². The quantitative estimate of drug-likeness (QED) is 0.931. The van der Waals surface area contributed by atoms with Crippen molar-refractivity contribution in [2.24, 2.45) is 0 Å². The van der Waals surface area contributed by atoms with Crippen LogP contribution in [0.1, 0.15) is 36.6 Å². The highest BCUT2D eigenvalue weighted by Crippen LogP contribution is 2.25. The minimum Gasteiger partial charge on any atom is -0.342 e. The lowest BCUT2D eigenvalue weighted by atomic mass is 9.95. The molecule has 0 spiro atoms. The molecule has 0 saturated carbocycles. The lowest BCUT2D eigenvalue weighted by Gasteiger charge is -2.32. The molecular formula is C15H21N5O. The number of aromatic nitrogens is 4. The maximum atomic E-state index is 12.4. The number of piperidine rings is 1. The highest BCUT2D eigenvalue weighted by Gasteiger charge is 2.25. The number of hydrogen-bond acceptors (Lipinski definition) is 3. The molecule has 6 nitrogen and oxygen atoms in total. The molecule has 0 aromatic carbocycles. The first-order chi connectivity index (χ1) is 10.2. The van der Waals surface area contributed by atoms with Gasteiger partial charge in [-0.1, -0.05) is 0 Å². The zero-order valence-electron chi connectivity index (χ0n) is 12.3. The smallest absolute Gasteiger partial charge is 0.224 e. The number of carbonyl (C=O) groups is 1. The van der Waals surface area contributed by atoms with Gasteiger partial charge >= 0.3 is 0 Å². The van der Waals surface area contributed by atoms with Crippen molar-refractivity contribution in [3.63, 3.8) is 0 Å². The molecule has 21 heavy (non-hydrogen) atoms. The molecular weight excluding hydrogens is 266 g/mol. The molecule has 3 rings (SSSR count). The van der Waals surface area contributed by atoms with E-state index in [0.29, 0.717) is 18.9 Å². The highest BCUT2D eigenvalue weighted by atomic mass is 16.2. The number of hydrogen-bond donors (Lipinski definition) is 1. The molecule has 0 aliphatic carbocycles. The molecule has 2 aromatic heterocycles. The summed E-state index contributed by atoms with van der Waals surface area (Å²) in [5, 5.41) is 11.3. The Morgan fingerprint density at radius 3 is 3.05 bits per heavy atom. The van der Waals surface area contributed by atoms with E-state index in [2.05, 4.69) is 15.3 Å². The third-order valence-corrected chi connectivity index (χ3v) is 4.20. The van der Waals surface area contributed by atoms with E-state index in [9.17, 15) is 4.79 Å². The SMILES string of the molecule is Cc1ccnn1CCC(=O)N1CCC[C@@H](c2ccn[nH]2)C1. The second kappa shape index (κ2) is 6.11. The van der Waals surface area contributed by atoms with Crippen LogP contribution in [0.4, 0.5) is 0 Å². The third-order valence-electron chi connectivity index (χ3n) is 4.20. The number of H-pyrrole nitrogens is 1. The third kappa shape index (κ3) is 3.15. The lowest BCUT2D eigenvalue weighted by Crippen LogP contribution is -2.39. The Balaban J connectivity index is 1.56. The van der Waals surface area contributed by atoms with Gasteiger partial charge in [0.05, 0.1) is 0 Å². The van der Waals surface area contributed by atoms with Crippen molar-refractivity contribution < 1.29 is 4.79 Å². The van der Waals surface area contributed by atoms with Gasteiger partial charge in [-0.25, -0.2) is 0 Å². The van der Waals surface area contributed by atoms with Crippen LogP contribution in [0.5, 0.6) is 0 Å². The number of nitrogens with one attached hydrogen (secondary N) is 1. The first-order valence-electron chi connectivity index (χ1n) is 7.49. The molecule has 2 aromatic rings. The van der Waals surface area contributed by atoms with E-state index >= 15 is 0 Å². The standard InChI is InChI=1S/C15H21N5O/c1-12-4-8-17-20(12)10-6-15(21)19-9-2-3-13(11-19)14-5-7-16-18-14/h4-5,7-8,13H,2-3,6,9-11H2,1H3,(H,16,18)/t13-/m1/s1. The lowest BCUT2D eigenvalue weighted by molar-refractivity contribution is -0.132. The molecule has 1 fully saturated rings. The largest absolute Gasteiger partial charge is 0.342 e. The molecule has 0 radical (unpaired) electrons. The predicted molar refractivity (Wildman–Crippen MR) is 78.7 cm³/mol. The van der Waals surface area contributed by atoms with E-state index < -0.39 is 0 Å². The fourth-order valence-electron chi connectivity index (χ4n) is 2.94. The summed E-state index contributed by atoms with van der Waals surface area (Å²) in [6, 6.07) is 3.96. The second-order valence-electron chi connectivity index (χ2n) is 5.64. The van der Waals surface area contributed by atoms with Crippen LogP contribution in [0.3, 0.4) is 0 Å². The Morgan fingerprint density at radius 2 is 2.33 bits per heavy atom. The molecule has 6 heteroatoms. The van der Waals surface area contributed by atoms with Gasteiger partial charge in [0.25, 0.3) is 0 Å². The van der Waals surface area contributed by atoms with Gasteiger partial charge in [-0.3, -0.25) is 14.6 Å². The first-order valence-corrected chi connectivity index (χ1v) is 7.49. The minimum atomic E-state index is 0.217. The molecule has 0 unspecified atom stereocenters. The number of rotatable bonds is 4. The molecule has 112 valence electrons. The van der Waals surface area contributed by atoms with Gasteiger partial charge in [-0.05, 0) is 31.9 Å². The number of carbonyl (C=O) groups excluding carboxylic acids is 1. The van der Waals surface area contributed by atoms with Gasteiger partial charge < -0.3 is 4.90 Å². The Labute approximate surface area is 124 Å². The van der Waals surface area contributed by atoms with Crippen LogP contribution in [0.15, 0.2) is 24.5 Å². The minimum absolute atomic E-state index is 0.217. The van der Waals surface area contributed by atoms with Crippen molar-refractivity contribution in [2.45, 2.75) is 38.6 Å². The summed E-state index contributed by atoms with van der Waals surface area (Å²) >= 11 is 0. The van der Waals surface area contributed by atoms with Crippen LogP contribution >= 0.6 is 0 Å². The van der Waals surface area contributed by atoms with Crippen molar-refractivity contribution in [1.29, 1.82) is 0 Å². The number of aryl methyl sites for hydroxylation is 2. The second-order valence-corrected chi connectivity index (χ2v) is 5.64. The number of likely N-dealkylation sites (tertiary alicyclic amines) is 1. The van der Waals surface area contributed by atoms with E-state index in [1.54, 1.807) is 12.4 Å². The molecule has 1 saturated heterocycles. The van der Waals surface area contributed by atoms with Crippen molar-refractivity contribution in [1.82, 2.24) is 24.9 Å². The topological polar surface area (TPSA) is 66.8 Å². The number of amides is 1. The molecule has 1 atom stereocenters. The van der Waals surface area contributed by atoms with Crippen LogP contribution in [0, 0.1) is 6.92 Å². The summed E-state index contributed by atoms with van der Waals surface area (Å²) in [7, 11) is 0. The maximum absolute atomic E-state index is 12.4. The van der Waals surface area contributed by atoms with E-state index in [-0.39, 0.29) is 5.91 Å². The zero-order chi connectivity index (χ0) is 14.7. The van der Waals surface area contributed by atoms with Crippen LogP contribution in [-0.4, -0.2) is 43.9 Å². The molecule has 0 bridgehead atoms. The van der Waals surface area contributed by atoms with Gasteiger partial charge in [-0.2, -0.15) is 10.2 Å². The average Bonchev–Trinajstić information content (AvgIpc) is 3.16. The highest BCUT2D eigenvalue weighted by molar-refractivity contribution is 5.76. The van der Waals surface area contributed by atoms with E-state index in [0.717, 1.165) is 37.3 Å². The van der Waals surface area contributed by atoms with Gasteiger partial charge in [0.15, 0.2) is 0 Å². The summed E-state index contributed by atoms with van der Waals surface area (Å²) in [5.41, 5.74) is 2.23. The molecule has 1 N–H and O–H groups in total. The van der Waals surface area contributed by atoms with Crippen LogP contribution in [0.2, 0.25) is 0 Å². The summed E-state index contributed by atoms with van der Waals surface area (Å²) < 4.78 is 1.88.